The summed E-state index contributed by atoms with van der Waals surface area (Å²) in [5.74, 6) is 0.169. The van der Waals surface area contributed by atoms with Crippen LogP contribution in [0.15, 0.2) is 48.5 Å². The van der Waals surface area contributed by atoms with Gasteiger partial charge in [0.05, 0.1) is 24.6 Å². The van der Waals surface area contributed by atoms with Gasteiger partial charge in [-0.1, -0.05) is 43.2 Å². The van der Waals surface area contributed by atoms with Crippen molar-refractivity contribution in [2.24, 2.45) is 17.6 Å². The molecule has 2 fully saturated rings. The number of ether oxygens (including phenoxy) is 1. The maximum absolute atomic E-state index is 14.1. The van der Waals surface area contributed by atoms with Gasteiger partial charge in [0.1, 0.15) is 0 Å². The van der Waals surface area contributed by atoms with E-state index in [-0.39, 0.29) is 60.7 Å². The van der Waals surface area contributed by atoms with Gasteiger partial charge in [-0.25, -0.2) is 0 Å². The third-order valence-corrected chi connectivity index (χ3v) is 8.06. The smallest absolute Gasteiger partial charge is 0.251 e. The molecule has 5 rings (SSSR count). The van der Waals surface area contributed by atoms with E-state index in [1.54, 1.807) is 7.11 Å². The molecule has 7 nitrogen and oxygen atoms in total. The molecule has 3 aliphatic rings. The lowest BCUT2D eigenvalue weighted by Crippen LogP contribution is -2.50. The molecule has 0 aromatic heterocycles. The Morgan fingerprint density at radius 2 is 1.78 bits per heavy atom. The van der Waals surface area contributed by atoms with Crippen molar-refractivity contribution < 1.29 is 14.3 Å². The summed E-state index contributed by atoms with van der Waals surface area (Å²) in [6.45, 7) is 1.80. The first-order valence-corrected chi connectivity index (χ1v) is 12.9. The summed E-state index contributed by atoms with van der Waals surface area (Å²) in [6, 6.07) is 15.8. The second-order valence-corrected chi connectivity index (χ2v) is 10.1. The highest BCUT2D eigenvalue weighted by Gasteiger charge is 2.48. The van der Waals surface area contributed by atoms with Crippen LogP contribution in [0.4, 0.5) is 5.69 Å². The van der Waals surface area contributed by atoms with E-state index < -0.39 is 0 Å². The number of carbonyl (C=O) groups excluding carboxylic acids is 2. The molecule has 2 aliphatic heterocycles. The monoisotopic (exact) mass is 548 g/mol. The topological polar surface area (TPSA) is 96.7 Å². The van der Waals surface area contributed by atoms with E-state index in [0.717, 1.165) is 49.9 Å². The average Bonchev–Trinajstić information content (AvgIpc) is 3.35. The Bertz CT molecular complexity index is 1070. The largest absolute Gasteiger partial charge is 0.383 e. The van der Waals surface area contributed by atoms with E-state index in [4.69, 9.17) is 10.5 Å². The fraction of sp³-hybridized carbons (Fsp3) is 0.500. The number of nitrogens with two attached hydrogens (primary N) is 1. The number of anilines is 1. The van der Waals surface area contributed by atoms with Crippen LogP contribution in [0.25, 0.3) is 0 Å². The van der Waals surface area contributed by atoms with Crippen LogP contribution in [0, 0.1) is 11.8 Å². The van der Waals surface area contributed by atoms with Gasteiger partial charge in [-0.2, -0.15) is 0 Å². The van der Waals surface area contributed by atoms with Crippen molar-refractivity contribution >= 4 is 42.3 Å². The molecule has 37 heavy (non-hydrogen) atoms. The Labute approximate surface area is 231 Å². The Hall–Kier alpha value is -2.32. The second-order valence-electron chi connectivity index (χ2n) is 10.1. The van der Waals surface area contributed by atoms with Crippen LogP contribution in [0.2, 0.25) is 0 Å². The number of hydrogen-bond donors (Lipinski definition) is 3. The van der Waals surface area contributed by atoms with Crippen molar-refractivity contribution in [3.63, 3.8) is 0 Å². The van der Waals surface area contributed by atoms with Gasteiger partial charge in [-0.15, -0.1) is 24.8 Å². The summed E-state index contributed by atoms with van der Waals surface area (Å²) in [5.41, 5.74) is 9.56. The van der Waals surface area contributed by atoms with Gasteiger partial charge in [-0.3, -0.25) is 9.59 Å². The first-order chi connectivity index (χ1) is 17.1. The van der Waals surface area contributed by atoms with E-state index in [9.17, 15) is 9.59 Å². The predicted octanol–water partition coefficient (Wildman–Crippen LogP) is 4.31. The molecule has 1 aliphatic carbocycles. The quantitative estimate of drug-likeness (QED) is 0.499. The van der Waals surface area contributed by atoms with Crippen molar-refractivity contribution in [3.05, 3.63) is 65.2 Å². The number of methoxy groups -OCH3 is 1. The van der Waals surface area contributed by atoms with E-state index in [2.05, 4.69) is 33.7 Å². The molecule has 0 radical (unpaired) electrons. The third kappa shape index (κ3) is 5.90. The van der Waals surface area contributed by atoms with Gasteiger partial charge in [0.2, 0.25) is 5.91 Å². The van der Waals surface area contributed by atoms with Crippen LogP contribution in [0.1, 0.15) is 59.6 Å². The lowest BCUT2D eigenvalue weighted by molar-refractivity contribution is -0.139. The predicted molar refractivity (Wildman–Crippen MR) is 150 cm³/mol. The molecule has 0 spiro atoms. The molecule has 2 aromatic rings. The molecule has 9 heteroatoms. The molecule has 5 atom stereocenters. The molecule has 2 amide bonds. The summed E-state index contributed by atoms with van der Waals surface area (Å²) < 4.78 is 5.51. The highest BCUT2D eigenvalue weighted by atomic mass is 35.5. The number of para-hydroxylation sites is 1. The molecule has 1 saturated heterocycles. The number of halogens is 2. The van der Waals surface area contributed by atoms with E-state index in [0.29, 0.717) is 24.6 Å². The normalized spacial score (nSPS) is 26.0. The molecular weight excluding hydrogens is 511 g/mol. The number of benzene rings is 2. The number of carbonyl (C=O) groups is 2. The van der Waals surface area contributed by atoms with Crippen LogP contribution in [-0.2, 0) is 16.1 Å². The van der Waals surface area contributed by atoms with Gasteiger partial charge < -0.3 is 26.0 Å². The van der Waals surface area contributed by atoms with Crippen molar-refractivity contribution in [1.82, 2.24) is 10.2 Å². The molecule has 202 valence electrons. The number of amides is 2. The zero-order valence-corrected chi connectivity index (χ0v) is 22.9. The van der Waals surface area contributed by atoms with Crippen LogP contribution in [0.3, 0.4) is 0 Å². The Morgan fingerprint density at radius 3 is 2.51 bits per heavy atom. The van der Waals surface area contributed by atoms with Crippen LogP contribution in [-0.4, -0.2) is 49.1 Å². The molecule has 0 unspecified atom stereocenters. The van der Waals surface area contributed by atoms with Crippen molar-refractivity contribution in [2.75, 3.05) is 25.6 Å². The third-order valence-electron chi connectivity index (χ3n) is 8.06. The lowest BCUT2D eigenvalue weighted by atomic mass is 9.81. The summed E-state index contributed by atoms with van der Waals surface area (Å²) in [5, 5.41) is 6.84. The van der Waals surface area contributed by atoms with Gasteiger partial charge >= 0.3 is 0 Å². The number of fused-ring (bicyclic) bond motifs is 3. The Balaban J connectivity index is 0.00000190. The average molecular weight is 550 g/mol. The summed E-state index contributed by atoms with van der Waals surface area (Å²) in [7, 11) is 1.73. The zero-order chi connectivity index (χ0) is 24.4. The maximum atomic E-state index is 14.1. The highest BCUT2D eigenvalue weighted by Crippen LogP contribution is 2.47. The highest BCUT2D eigenvalue weighted by molar-refractivity contribution is 5.95. The van der Waals surface area contributed by atoms with E-state index in [1.165, 1.54) is 5.56 Å². The van der Waals surface area contributed by atoms with Gasteiger partial charge in [-0.05, 0) is 48.6 Å². The minimum absolute atomic E-state index is 0. The molecule has 0 bridgehead atoms. The van der Waals surface area contributed by atoms with Crippen molar-refractivity contribution in [1.29, 1.82) is 0 Å². The van der Waals surface area contributed by atoms with Crippen molar-refractivity contribution in [2.45, 2.75) is 56.8 Å². The zero-order valence-electron chi connectivity index (χ0n) is 21.2. The number of likely N-dealkylation sites (tertiary alicyclic amines) is 1. The first kappa shape index (κ1) is 29.2. The molecular formula is C28H38Cl2N4O3. The minimum Gasteiger partial charge on any atom is -0.383 e. The van der Waals surface area contributed by atoms with Crippen molar-refractivity contribution in [3.8, 4) is 0 Å². The summed E-state index contributed by atoms with van der Waals surface area (Å²) in [6.07, 6.45) is 4.62. The number of hydrogen-bond acceptors (Lipinski definition) is 5. The van der Waals surface area contributed by atoms with E-state index >= 15 is 0 Å². The Morgan fingerprint density at radius 1 is 1.05 bits per heavy atom. The van der Waals surface area contributed by atoms with Gasteiger partial charge in [0, 0.05) is 43.4 Å². The molecule has 1 saturated carbocycles. The maximum Gasteiger partial charge on any atom is 0.251 e. The lowest BCUT2D eigenvalue weighted by Gasteiger charge is -2.41. The van der Waals surface area contributed by atoms with Crippen LogP contribution in [0.5, 0.6) is 0 Å². The van der Waals surface area contributed by atoms with Gasteiger partial charge in [0.25, 0.3) is 5.91 Å². The minimum atomic E-state index is -0.197. The molecule has 2 heterocycles. The van der Waals surface area contributed by atoms with Crippen LogP contribution < -0.4 is 16.4 Å². The Kier molecular flexibility index (Phi) is 10.2. The fourth-order valence-corrected chi connectivity index (χ4v) is 6.28. The second kappa shape index (κ2) is 13.0. The van der Waals surface area contributed by atoms with Crippen LogP contribution >= 0.6 is 24.8 Å². The number of nitrogens with zero attached hydrogens (tertiary/aromatic N) is 1. The standard InChI is InChI=1S/C28H36N4O3.2ClH/c1-35-17-25-21-14-15-32(26(21)20-6-2-4-8-23(20)30-25)28(34)22-7-3-5-9-24(22)31-27(33)19-12-10-18(16-29)11-13-19;;/h2,4,6,8,10-13,21-22,24-26,30H,3,5,7,9,14-17,29H2,1H3,(H,31,33);2*1H/t21-,22+,24-,25+,26+;;/m1../s1. The summed E-state index contributed by atoms with van der Waals surface area (Å²) >= 11 is 0. The number of nitrogens with one attached hydrogen (secondary N) is 2. The molecule has 4 N–H and O–H groups in total. The van der Waals surface area contributed by atoms with Gasteiger partial charge in [0.15, 0.2) is 0 Å². The number of rotatable bonds is 6. The summed E-state index contributed by atoms with van der Waals surface area (Å²) in [4.78, 5) is 29.2. The fourth-order valence-electron chi connectivity index (χ4n) is 6.28. The molecule has 2 aromatic carbocycles. The SMILES string of the molecule is COC[C@@H]1Nc2ccccc2[C@H]2[C@@H]1CCN2C(=O)[C@H]1CCCC[C@H]1NC(=O)c1ccc(CN)cc1.Cl.Cl. The van der Waals surface area contributed by atoms with E-state index in [1.807, 2.05) is 30.3 Å². The first-order valence-electron chi connectivity index (χ1n) is 12.9.